The number of aryl methyl sites for hydroxylation is 1. The van der Waals surface area contributed by atoms with Crippen LogP contribution in [0.15, 0.2) is 42.5 Å². The molecule has 7 nitrogen and oxygen atoms in total. The summed E-state index contributed by atoms with van der Waals surface area (Å²) >= 11 is 6.03. The molecule has 0 saturated carbocycles. The lowest BCUT2D eigenvalue weighted by Crippen LogP contribution is -2.50. The maximum atomic E-state index is 12.4. The Hall–Kier alpha value is -2.80. The second kappa shape index (κ2) is 8.26. The van der Waals surface area contributed by atoms with Crippen LogP contribution in [-0.2, 0) is 4.79 Å². The molecule has 0 spiro atoms. The molecule has 142 valence electrons. The van der Waals surface area contributed by atoms with Crippen molar-refractivity contribution in [3.63, 3.8) is 0 Å². The summed E-state index contributed by atoms with van der Waals surface area (Å²) in [5.41, 5.74) is 1.43. The lowest BCUT2D eigenvalue weighted by molar-refractivity contribution is -0.386. The van der Waals surface area contributed by atoms with Crippen molar-refractivity contribution in [1.82, 2.24) is 4.90 Å². The number of para-hydroxylation sites is 1. The van der Waals surface area contributed by atoms with Crippen LogP contribution in [0.2, 0.25) is 5.02 Å². The van der Waals surface area contributed by atoms with Gasteiger partial charge in [0.1, 0.15) is 0 Å². The van der Waals surface area contributed by atoms with E-state index in [9.17, 15) is 14.9 Å². The second-order valence-electron chi connectivity index (χ2n) is 6.32. The number of piperazine rings is 1. The Labute approximate surface area is 162 Å². The van der Waals surface area contributed by atoms with Crippen LogP contribution in [0.25, 0.3) is 0 Å². The molecule has 27 heavy (non-hydrogen) atoms. The zero-order chi connectivity index (χ0) is 19.4. The minimum atomic E-state index is -0.487. The number of anilines is 1. The third-order valence-corrected chi connectivity index (χ3v) is 4.78. The van der Waals surface area contributed by atoms with Gasteiger partial charge in [0.15, 0.2) is 12.4 Å². The summed E-state index contributed by atoms with van der Waals surface area (Å²) in [6.45, 7) is 3.92. The first-order chi connectivity index (χ1) is 13.0. The molecular formula is C19H20ClN3O4. The maximum Gasteiger partial charge on any atom is 0.313 e. The summed E-state index contributed by atoms with van der Waals surface area (Å²) in [5, 5.41) is 11.9. The van der Waals surface area contributed by atoms with Gasteiger partial charge in [-0.1, -0.05) is 29.8 Å². The Balaban J connectivity index is 1.56. The maximum absolute atomic E-state index is 12.4. The van der Waals surface area contributed by atoms with E-state index in [1.165, 1.54) is 6.07 Å². The van der Waals surface area contributed by atoms with E-state index < -0.39 is 4.92 Å². The van der Waals surface area contributed by atoms with Crippen molar-refractivity contribution in [3.8, 4) is 5.75 Å². The second-order valence-corrected chi connectivity index (χ2v) is 6.75. The van der Waals surface area contributed by atoms with Crippen LogP contribution >= 0.6 is 11.6 Å². The monoisotopic (exact) mass is 389 g/mol. The summed E-state index contributed by atoms with van der Waals surface area (Å²) in [7, 11) is 0. The highest BCUT2D eigenvalue weighted by Crippen LogP contribution is 2.30. The molecule has 1 aliphatic heterocycles. The van der Waals surface area contributed by atoms with Crippen molar-refractivity contribution in [2.45, 2.75) is 6.92 Å². The molecule has 0 bridgehead atoms. The third-order valence-electron chi connectivity index (χ3n) is 4.54. The van der Waals surface area contributed by atoms with Crippen molar-refractivity contribution >= 4 is 28.9 Å². The number of hydrogen-bond acceptors (Lipinski definition) is 5. The van der Waals surface area contributed by atoms with Gasteiger partial charge in [-0.3, -0.25) is 14.9 Å². The van der Waals surface area contributed by atoms with Gasteiger partial charge in [0.05, 0.1) is 4.92 Å². The predicted molar refractivity (Wildman–Crippen MR) is 104 cm³/mol. The highest BCUT2D eigenvalue weighted by atomic mass is 35.5. The summed E-state index contributed by atoms with van der Waals surface area (Å²) < 4.78 is 5.46. The van der Waals surface area contributed by atoms with Crippen molar-refractivity contribution in [2.75, 3.05) is 37.7 Å². The van der Waals surface area contributed by atoms with E-state index in [4.69, 9.17) is 16.3 Å². The molecule has 2 aromatic carbocycles. The quantitative estimate of drug-likeness (QED) is 0.579. The molecule has 0 aromatic heterocycles. The third kappa shape index (κ3) is 4.49. The van der Waals surface area contributed by atoms with E-state index in [0.717, 1.165) is 5.69 Å². The van der Waals surface area contributed by atoms with Crippen LogP contribution in [0.1, 0.15) is 5.56 Å². The number of nitro groups is 1. The number of nitrogens with zero attached hydrogens (tertiary/aromatic N) is 3. The van der Waals surface area contributed by atoms with Crippen LogP contribution in [0.3, 0.4) is 0 Å². The van der Waals surface area contributed by atoms with Crippen molar-refractivity contribution in [2.24, 2.45) is 0 Å². The van der Waals surface area contributed by atoms with Gasteiger partial charge in [-0.05, 0) is 31.2 Å². The van der Waals surface area contributed by atoms with Crippen molar-refractivity contribution in [3.05, 3.63) is 63.2 Å². The van der Waals surface area contributed by atoms with Gasteiger partial charge >= 0.3 is 5.69 Å². The number of benzene rings is 2. The Morgan fingerprint density at radius 1 is 1.19 bits per heavy atom. The summed E-state index contributed by atoms with van der Waals surface area (Å²) in [6, 6.07) is 12.4. The molecule has 0 radical (unpaired) electrons. The molecule has 8 heteroatoms. The molecule has 1 saturated heterocycles. The van der Waals surface area contributed by atoms with E-state index in [2.05, 4.69) is 4.90 Å². The van der Waals surface area contributed by atoms with Crippen LogP contribution in [0, 0.1) is 17.0 Å². The van der Waals surface area contributed by atoms with E-state index in [1.54, 1.807) is 24.0 Å². The molecule has 1 amide bonds. The molecule has 0 unspecified atom stereocenters. The standard InChI is InChI=1S/C19H20ClN3O4/c1-14-4-2-7-17(19(14)23(25)26)27-13-18(24)22-10-8-21(9-11-22)16-6-3-5-15(20)12-16/h2-7,12H,8-11,13H2,1H3. The van der Waals surface area contributed by atoms with Crippen molar-refractivity contribution < 1.29 is 14.5 Å². The van der Waals surface area contributed by atoms with E-state index in [0.29, 0.717) is 36.8 Å². The van der Waals surface area contributed by atoms with Crippen molar-refractivity contribution in [1.29, 1.82) is 0 Å². The van der Waals surface area contributed by atoms with Crippen LogP contribution < -0.4 is 9.64 Å². The molecule has 0 aliphatic carbocycles. The largest absolute Gasteiger partial charge is 0.477 e. The SMILES string of the molecule is Cc1cccc(OCC(=O)N2CCN(c3cccc(Cl)c3)CC2)c1[N+](=O)[O-]. The fourth-order valence-corrected chi connectivity index (χ4v) is 3.28. The smallest absolute Gasteiger partial charge is 0.313 e. The first-order valence-corrected chi connectivity index (χ1v) is 8.98. The van der Waals surface area contributed by atoms with E-state index in [-0.39, 0.29) is 24.0 Å². The fourth-order valence-electron chi connectivity index (χ4n) is 3.10. The Bertz CT molecular complexity index is 851. The van der Waals surface area contributed by atoms with Crippen LogP contribution in [0.4, 0.5) is 11.4 Å². The summed E-state index contributed by atoms with van der Waals surface area (Å²) in [5.74, 6) is -0.0672. The average molecular weight is 390 g/mol. The van der Waals surface area contributed by atoms with Gasteiger partial charge in [-0.15, -0.1) is 0 Å². The molecule has 0 N–H and O–H groups in total. The van der Waals surface area contributed by atoms with Gasteiger partial charge in [0, 0.05) is 42.5 Å². The molecule has 2 aromatic rings. The minimum absolute atomic E-state index is 0.101. The first-order valence-electron chi connectivity index (χ1n) is 8.61. The van der Waals surface area contributed by atoms with Crippen LogP contribution in [-0.4, -0.2) is 48.5 Å². The minimum Gasteiger partial charge on any atom is -0.477 e. The highest BCUT2D eigenvalue weighted by molar-refractivity contribution is 6.30. The molecule has 3 rings (SSSR count). The number of nitro benzene ring substituents is 1. The number of carbonyl (C=O) groups excluding carboxylic acids is 1. The molecule has 1 aliphatic rings. The summed E-state index contributed by atoms with van der Waals surface area (Å²) in [4.78, 5) is 27.0. The normalized spacial score (nSPS) is 14.1. The lowest BCUT2D eigenvalue weighted by atomic mass is 10.2. The van der Waals surface area contributed by atoms with Gasteiger partial charge in [0.25, 0.3) is 5.91 Å². The Morgan fingerprint density at radius 3 is 2.56 bits per heavy atom. The number of carbonyl (C=O) groups is 1. The van der Waals surface area contributed by atoms with Gasteiger partial charge in [0.2, 0.25) is 0 Å². The van der Waals surface area contributed by atoms with Crippen LogP contribution in [0.5, 0.6) is 5.75 Å². The molecule has 0 atom stereocenters. The number of halogens is 1. The Morgan fingerprint density at radius 2 is 1.89 bits per heavy atom. The zero-order valence-corrected chi connectivity index (χ0v) is 15.7. The fraction of sp³-hybridized carbons (Fsp3) is 0.316. The topological polar surface area (TPSA) is 75.9 Å². The first kappa shape index (κ1) is 19.0. The van der Waals surface area contributed by atoms with E-state index >= 15 is 0 Å². The molecule has 1 heterocycles. The number of amides is 1. The van der Waals surface area contributed by atoms with E-state index in [1.807, 2.05) is 24.3 Å². The highest BCUT2D eigenvalue weighted by Gasteiger charge is 2.24. The predicted octanol–water partition coefficient (Wildman–Crippen LogP) is 3.28. The van der Waals surface area contributed by atoms with Gasteiger partial charge < -0.3 is 14.5 Å². The molecular weight excluding hydrogens is 370 g/mol. The van der Waals surface area contributed by atoms with Gasteiger partial charge in [-0.25, -0.2) is 0 Å². The Kier molecular flexibility index (Phi) is 5.81. The number of ether oxygens (including phenoxy) is 1. The average Bonchev–Trinajstić information content (AvgIpc) is 2.66. The number of rotatable bonds is 5. The van der Waals surface area contributed by atoms with Gasteiger partial charge in [-0.2, -0.15) is 0 Å². The lowest BCUT2D eigenvalue weighted by Gasteiger charge is -2.36. The summed E-state index contributed by atoms with van der Waals surface area (Å²) in [6.07, 6.45) is 0. The molecule has 1 fully saturated rings. The zero-order valence-electron chi connectivity index (χ0n) is 14.9. The number of hydrogen-bond donors (Lipinski definition) is 0.